The summed E-state index contributed by atoms with van der Waals surface area (Å²) in [5, 5.41) is 4.22. The molecule has 25 heavy (non-hydrogen) atoms. The molecule has 0 fully saturated rings. The fourth-order valence-corrected chi connectivity index (χ4v) is 2.98. The van der Waals surface area contributed by atoms with Gasteiger partial charge in [-0.15, -0.1) is 0 Å². The van der Waals surface area contributed by atoms with Crippen LogP contribution in [0.4, 0.5) is 0 Å². The second-order valence-electron chi connectivity index (χ2n) is 6.56. The molecule has 1 amide bonds. The van der Waals surface area contributed by atoms with Crippen LogP contribution in [-0.4, -0.2) is 34.4 Å². The van der Waals surface area contributed by atoms with E-state index < -0.39 is 0 Å². The molecule has 0 aliphatic carbocycles. The molecule has 5 nitrogen and oxygen atoms in total. The number of hydrogen-bond acceptors (Lipinski definition) is 3. The van der Waals surface area contributed by atoms with Crippen molar-refractivity contribution < 1.29 is 4.79 Å². The highest BCUT2D eigenvalue weighted by molar-refractivity contribution is 5.85. The number of H-pyrrole nitrogens is 1. The summed E-state index contributed by atoms with van der Waals surface area (Å²) in [7, 11) is 1.94. The van der Waals surface area contributed by atoms with Crippen molar-refractivity contribution in [3.8, 4) is 0 Å². The molecule has 130 valence electrons. The minimum Gasteiger partial charge on any atom is -0.358 e. The lowest BCUT2D eigenvalue weighted by molar-refractivity contribution is -0.122. The van der Waals surface area contributed by atoms with Gasteiger partial charge in [0, 0.05) is 42.1 Å². The van der Waals surface area contributed by atoms with Crippen molar-refractivity contribution in [2.45, 2.75) is 26.9 Å². The summed E-state index contributed by atoms with van der Waals surface area (Å²) in [5.41, 5.74) is 5.85. The number of nitrogens with one attached hydrogen (secondary N) is 2. The fourth-order valence-electron chi connectivity index (χ4n) is 2.98. The van der Waals surface area contributed by atoms with E-state index in [9.17, 15) is 4.79 Å². The molecule has 0 aliphatic heterocycles. The lowest BCUT2D eigenvalue weighted by atomic mass is 10.1. The van der Waals surface area contributed by atoms with Gasteiger partial charge in [-0.25, -0.2) is 0 Å². The van der Waals surface area contributed by atoms with Crippen LogP contribution in [0, 0.1) is 13.8 Å². The number of pyridine rings is 1. The summed E-state index contributed by atoms with van der Waals surface area (Å²) in [6, 6.07) is 10.2. The van der Waals surface area contributed by atoms with Crippen molar-refractivity contribution >= 4 is 16.8 Å². The lowest BCUT2D eigenvalue weighted by Gasteiger charge is -2.16. The van der Waals surface area contributed by atoms with Gasteiger partial charge >= 0.3 is 0 Å². The Morgan fingerprint density at radius 1 is 1.16 bits per heavy atom. The van der Waals surface area contributed by atoms with Crippen LogP contribution < -0.4 is 5.32 Å². The zero-order valence-electron chi connectivity index (χ0n) is 15.0. The van der Waals surface area contributed by atoms with Crippen molar-refractivity contribution in [1.29, 1.82) is 0 Å². The first-order valence-corrected chi connectivity index (χ1v) is 8.45. The van der Waals surface area contributed by atoms with Gasteiger partial charge in [-0.2, -0.15) is 0 Å². The van der Waals surface area contributed by atoms with Crippen molar-refractivity contribution in [2.75, 3.05) is 13.6 Å². The second kappa shape index (κ2) is 7.49. The zero-order valence-corrected chi connectivity index (χ0v) is 15.0. The molecule has 0 saturated heterocycles. The van der Waals surface area contributed by atoms with E-state index in [1.807, 2.05) is 24.1 Å². The standard InChI is InChI=1S/C20H24N4O/c1-14-15(2)23-19-5-4-17(10-18(14)19)11-22-20(25)13-24(3)12-16-6-8-21-9-7-16/h4-10,23H,11-13H2,1-3H3,(H,22,25). The monoisotopic (exact) mass is 336 g/mol. The summed E-state index contributed by atoms with van der Waals surface area (Å²) < 4.78 is 0. The number of aryl methyl sites for hydroxylation is 2. The average Bonchev–Trinajstić information content (AvgIpc) is 2.88. The molecule has 3 rings (SSSR count). The van der Waals surface area contributed by atoms with Crippen LogP contribution in [0.15, 0.2) is 42.7 Å². The number of carbonyl (C=O) groups is 1. The quantitative estimate of drug-likeness (QED) is 0.727. The van der Waals surface area contributed by atoms with E-state index in [0.717, 1.165) is 23.2 Å². The van der Waals surface area contributed by atoms with Gasteiger partial charge in [0.2, 0.25) is 5.91 Å². The predicted octanol–water partition coefficient (Wildman–Crippen LogP) is 2.93. The molecule has 2 N–H and O–H groups in total. The van der Waals surface area contributed by atoms with Crippen LogP contribution in [0.25, 0.3) is 10.9 Å². The Kier molecular flexibility index (Phi) is 5.14. The molecule has 0 saturated carbocycles. The number of likely N-dealkylation sites (N-methyl/N-ethyl adjacent to an activating group) is 1. The number of benzene rings is 1. The maximum atomic E-state index is 12.2. The van der Waals surface area contributed by atoms with Crippen LogP contribution in [0.5, 0.6) is 0 Å². The zero-order chi connectivity index (χ0) is 17.8. The van der Waals surface area contributed by atoms with Gasteiger partial charge in [0.05, 0.1) is 6.54 Å². The normalized spacial score (nSPS) is 11.2. The molecule has 2 aromatic heterocycles. The highest BCUT2D eigenvalue weighted by Crippen LogP contribution is 2.22. The van der Waals surface area contributed by atoms with Gasteiger partial charge < -0.3 is 10.3 Å². The first kappa shape index (κ1) is 17.2. The fraction of sp³-hybridized carbons (Fsp3) is 0.300. The first-order chi connectivity index (χ1) is 12.0. The first-order valence-electron chi connectivity index (χ1n) is 8.45. The molecular formula is C20H24N4O. The summed E-state index contributed by atoms with van der Waals surface area (Å²) in [6.45, 7) is 5.83. The van der Waals surface area contributed by atoms with Gasteiger partial charge in [-0.1, -0.05) is 6.07 Å². The molecule has 0 unspecified atom stereocenters. The van der Waals surface area contributed by atoms with E-state index in [1.54, 1.807) is 12.4 Å². The molecule has 0 bridgehead atoms. The smallest absolute Gasteiger partial charge is 0.234 e. The molecule has 0 aliphatic rings. The van der Waals surface area contributed by atoms with Crippen molar-refractivity contribution in [1.82, 2.24) is 20.2 Å². The summed E-state index contributed by atoms with van der Waals surface area (Å²) in [4.78, 5) is 21.5. The molecule has 1 aromatic carbocycles. The maximum absolute atomic E-state index is 12.2. The van der Waals surface area contributed by atoms with Crippen molar-refractivity contribution in [3.05, 3.63) is 65.1 Å². The van der Waals surface area contributed by atoms with E-state index in [4.69, 9.17) is 0 Å². The number of rotatable bonds is 6. The van der Waals surface area contributed by atoms with Crippen LogP contribution in [0.3, 0.4) is 0 Å². The summed E-state index contributed by atoms with van der Waals surface area (Å²) in [5.74, 6) is 0.0265. The Morgan fingerprint density at radius 2 is 1.92 bits per heavy atom. The van der Waals surface area contributed by atoms with Crippen molar-refractivity contribution in [2.24, 2.45) is 0 Å². The van der Waals surface area contributed by atoms with E-state index in [0.29, 0.717) is 13.1 Å². The Morgan fingerprint density at radius 3 is 2.68 bits per heavy atom. The third-order valence-corrected chi connectivity index (χ3v) is 4.48. The number of nitrogens with zero attached hydrogens (tertiary/aromatic N) is 2. The van der Waals surface area contributed by atoms with Gasteiger partial charge in [0.15, 0.2) is 0 Å². The Bertz CT molecular complexity index is 870. The van der Waals surface area contributed by atoms with E-state index in [-0.39, 0.29) is 5.91 Å². The number of fused-ring (bicyclic) bond motifs is 1. The van der Waals surface area contributed by atoms with Crippen molar-refractivity contribution in [3.63, 3.8) is 0 Å². The lowest BCUT2D eigenvalue weighted by Crippen LogP contribution is -2.34. The number of amides is 1. The number of hydrogen-bond donors (Lipinski definition) is 2. The van der Waals surface area contributed by atoms with E-state index in [2.05, 4.69) is 47.3 Å². The second-order valence-corrected chi connectivity index (χ2v) is 6.56. The summed E-state index contributed by atoms with van der Waals surface area (Å²) >= 11 is 0. The molecule has 0 radical (unpaired) electrons. The maximum Gasteiger partial charge on any atom is 0.234 e. The number of aromatic amines is 1. The molecule has 5 heteroatoms. The van der Waals surface area contributed by atoms with Crippen LogP contribution in [0.2, 0.25) is 0 Å². The Hall–Kier alpha value is -2.66. The van der Waals surface area contributed by atoms with E-state index >= 15 is 0 Å². The molecule has 0 atom stereocenters. The SMILES string of the molecule is Cc1[nH]c2ccc(CNC(=O)CN(C)Cc3ccncc3)cc2c1C. The Balaban J connectivity index is 1.54. The largest absolute Gasteiger partial charge is 0.358 e. The van der Waals surface area contributed by atoms with Crippen LogP contribution in [-0.2, 0) is 17.9 Å². The third kappa shape index (κ3) is 4.25. The molecular weight excluding hydrogens is 312 g/mol. The van der Waals surface area contributed by atoms with Gasteiger partial charge in [-0.3, -0.25) is 14.7 Å². The highest BCUT2D eigenvalue weighted by atomic mass is 16.2. The predicted molar refractivity (Wildman–Crippen MR) is 100 cm³/mol. The number of carbonyl (C=O) groups excluding carboxylic acids is 1. The van der Waals surface area contributed by atoms with Crippen LogP contribution >= 0.6 is 0 Å². The van der Waals surface area contributed by atoms with E-state index in [1.165, 1.54) is 16.6 Å². The molecule has 0 spiro atoms. The number of aromatic nitrogens is 2. The Labute approximate surface area is 148 Å². The van der Waals surface area contributed by atoms with Gasteiger partial charge in [0.25, 0.3) is 0 Å². The topological polar surface area (TPSA) is 61.0 Å². The minimum absolute atomic E-state index is 0.0265. The van der Waals surface area contributed by atoms with Crippen LogP contribution in [0.1, 0.15) is 22.4 Å². The highest BCUT2D eigenvalue weighted by Gasteiger charge is 2.08. The summed E-state index contributed by atoms with van der Waals surface area (Å²) in [6.07, 6.45) is 3.54. The molecule has 3 aromatic rings. The molecule has 2 heterocycles. The third-order valence-electron chi connectivity index (χ3n) is 4.48. The van der Waals surface area contributed by atoms with Gasteiger partial charge in [0.1, 0.15) is 0 Å². The van der Waals surface area contributed by atoms with Gasteiger partial charge in [-0.05, 0) is 61.9 Å². The average molecular weight is 336 g/mol. The minimum atomic E-state index is 0.0265.